The molecule has 0 bridgehead atoms. The van der Waals surface area contributed by atoms with Crippen molar-refractivity contribution in [2.45, 2.75) is 18.7 Å². The highest BCUT2D eigenvalue weighted by molar-refractivity contribution is 9.10. The summed E-state index contributed by atoms with van der Waals surface area (Å²) >= 11 is 3.16. The zero-order chi connectivity index (χ0) is 15.8. The van der Waals surface area contributed by atoms with Crippen LogP contribution in [0.25, 0.3) is 0 Å². The number of rotatable bonds is 4. The van der Waals surface area contributed by atoms with Gasteiger partial charge in [0.1, 0.15) is 0 Å². The highest BCUT2D eigenvalue weighted by atomic mass is 79.9. The molecule has 112 valence electrons. The second-order valence-electron chi connectivity index (χ2n) is 4.32. The average Bonchev–Trinajstić information content (AvgIpc) is 2.76. The van der Waals surface area contributed by atoms with Crippen LogP contribution < -0.4 is 4.72 Å². The maximum Gasteiger partial charge on any atom is 0.336 e. The van der Waals surface area contributed by atoms with Gasteiger partial charge in [-0.25, -0.2) is 17.9 Å². The molecule has 0 saturated carbocycles. The molecule has 0 unspecified atom stereocenters. The summed E-state index contributed by atoms with van der Waals surface area (Å²) in [5.41, 5.74) is 0.861. The smallest absolute Gasteiger partial charge is 0.336 e. The summed E-state index contributed by atoms with van der Waals surface area (Å²) in [6.07, 6.45) is 0. The van der Waals surface area contributed by atoms with Gasteiger partial charge in [-0.2, -0.15) is 0 Å². The van der Waals surface area contributed by atoms with E-state index in [-0.39, 0.29) is 16.3 Å². The lowest BCUT2D eigenvalue weighted by Gasteiger charge is -2.09. The molecule has 0 aliphatic heterocycles. The number of sulfonamides is 1. The third kappa shape index (κ3) is 3.24. The Balaban J connectivity index is 2.47. The van der Waals surface area contributed by atoms with Gasteiger partial charge in [-0.15, -0.1) is 0 Å². The summed E-state index contributed by atoms with van der Waals surface area (Å²) in [5, 5.41) is 12.7. The Morgan fingerprint density at radius 3 is 2.52 bits per heavy atom. The lowest BCUT2D eigenvalue weighted by atomic mass is 10.1. The zero-order valence-corrected chi connectivity index (χ0v) is 13.4. The van der Waals surface area contributed by atoms with Crippen molar-refractivity contribution >= 4 is 37.8 Å². The quantitative estimate of drug-likeness (QED) is 0.850. The number of halogens is 1. The van der Waals surface area contributed by atoms with Crippen LogP contribution in [-0.4, -0.2) is 24.7 Å². The van der Waals surface area contributed by atoms with Crippen LogP contribution in [0.15, 0.2) is 32.1 Å². The molecule has 0 saturated heterocycles. The van der Waals surface area contributed by atoms with E-state index in [2.05, 4.69) is 25.8 Å². The SMILES string of the molecule is Cc1cc(NS(=O)(=O)c2cc(Br)c(C)c(C(=O)O)c2)on1. The molecule has 21 heavy (non-hydrogen) atoms. The van der Waals surface area contributed by atoms with Gasteiger partial charge < -0.3 is 9.63 Å². The van der Waals surface area contributed by atoms with Crippen molar-refractivity contribution in [2.24, 2.45) is 0 Å². The molecule has 7 nitrogen and oxygen atoms in total. The van der Waals surface area contributed by atoms with Crippen LogP contribution in [0.2, 0.25) is 0 Å². The van der Waals surface area contributed by atoms with Gasteiger partial charge in [0, 0.05) is 10.5 Å². The molecule has 0 fully saturated rings. The minimum atomic E-state index is -3.97. The van der Waals surface area contributed by atoms with Crippen molar-refractivity contribution < 1.29 is 22.8 Å². The van der Waals surface area contributed by atoms with Crippen molar-refractivity contribution in [3.05, 3.63) is 39.5 Å². The molecule has 0 radical (unpaired) electrons. The van der Waals surface area contributed by atoms with Gasteiger partial charge in [0.25, 0.3) is 10.0 Å². The van der Waals surface area contributed by atoms with Crippen LogP contribution in [0.1, 0.15) is 21.6 Å². The van der Waals surface area contributed by atoms with Crippen molar-refractivity contribution in [3.8, 4) is 0 Å². The number of nitrogens with zero attached hydrogens (tertiary/aromatic N) is 1. The lowest BCUT2D eigenvalue weighted by Crippen LogP contribution is -2.14. The topological polar surface area (TPSA) is 110 Å². The van der Waals surface area contributed by atoms with E-state index >= 15 is 0 Å². The first-order chi connectivity index (χ1) is 9.70. The summed E-state index contributed by atoms with van der Waals surface area (Å²) in [6, 6.07) is 3.83. The number of hydrogen-bond donors (Lipinski definition) is 2. The van der Waals surface area contributed by atoms with Gasteiger partial charge in [-0.3, -0.25) is 0 Å². The van der Waals surface area contributed by atoms with Crippen LogP contribution in [0.3, 0.4) is 0 Å². The average molecular weight is 375 g/mol. The molecule has 0 atom stereocenters. The normalized spacial score (nSPS) is 11.4. The van der Waals surface area contributed by atoms with Crippen LogP contribution in [0, 0.1) is 13.8 Å². The molecule has 0 aliphatic rings. The maximum atomic E-state index is 12.2. The van der Waals surface area contributed by atoms with E-state index in [1.165, 1.54) is 12.1 Å². The third-order valence-corrected chi connectivity index (χ3v) is 4.87. The van der Waals surface area contributed by atoms with E-state index < -0.39 is 16.0 Å². The minimum absolute atomic E-state index is 0.0407. The molecule has 1 aromatic carbocycles. The van der Waals surface area contributed by atoms with E-state index in [1.54, 1.807) is 13.8 Å². The second kappa shape index (κ2) is 5.49. The van der Waals surface area contributed by atoms with Crippen molar-refractivity contribution in [2.75, 3.05) is 4.72 Å². The van der Waals surface area contributed by atoms with Gasteiger partial charge >= 0.3 is 5.97 Å². The standard InChI is InChI=1S/C12H11BrN2O5S/c1-6-3-11(20-14-6)15-21(18,19)8-4-9(12(16)17)7(2)10(13)5-8/h3-5,15H,1-2H3,(H,16,17). The predicted octanol–water partition coefficient (Wildman–Crippen LogP) is 2.55. The fraction of sp³-hybridized carbons (Fsp3) is 0.167. The van der Waals surface area contributed by atoms with Crippen LogP contribution in [-0.2, 0) is 10.0 Å². The van der Waals surface area contributed by atoms with Gasteiger partial charge in [-0.1, -0.05) is 21.1 Å². The molecule has 1 aromatic heterocycles. The van der Waals surface area contributed by atoms with E-state index in [4.69, 9.17) is 9.63 Å². The highest BCUT2D eigenvalue weighted by Crippen LogP contribution is 2.26. The number of aromatic carboxylic acids is 1. The van der Waals surface area contributed by atoms with Crippen molar-refractivity contribution in [1.82, 2.24) is 5.16 Å². The molecular weight excluding hydrogens is 364 g/mol. The Labute approximate surface area is 129 Å². The largest absolute Gasteiger partial charge is 0.478 e. The van der Waals surface area contributed by atoms with Crippen LogP contribution >= 0.6 is 15.9 Å². The monoisotopic (exact) mass is 374 g/mol. The molecule has 0 aliphatic carbocycles. The summed E-state index contributed by atoms with van der Waals surface area (Å²) in [5.74, 6) is -1.25. The molecular formula is C12H11BrN2O5S. The molecule has 1 heterocycles. The number of nitrogens with one attached hydrogen (secondary N) is 1. The molecule has 2 aromatic rings. The first-order valence-electron chi connectivity index (χ1n) is 5.70. The lowest BCUT2D eigenvalue weighted by molar-refractivity contribution is 0.0695. The Bertz CT molecular complexity index is 813. The number of benzene rings is 1. The van der Waals surface area contributed by atoms with Crippen molar-refractivity contribution in [1.29, 1.82) is 0 Å². The van der Waals surface area contributed by atoms with Gasteiger partial charge in [0.2, 0.25) is 5.88 Å². The first-order valence-corrected chi connectivity index (χ1v) is 7.98. The molecule has 0 amide bonds. The first kappa shape index (κ1) is 15.5. The summed E-state index contributed by atoms with van der Waals surface area (Å²) < 4.78 is 31.8. The van der Waals surface area contributed by atoms with Gasteiger partial charge in [-0.05, 0) is 31.5 Å². The maximum absolute atomic E-state index is 12.2. The molecule has 9 heteroatoms. The number of aryl methyl sites for hydroxylation is 1. The van der Waals surface area contributed by atoms with Gasteiger partial charge in [0.15, 0.2) is 0 Å². The number of carboxylic acids is 1. The van der Waals surface area contributed by atoms with E-state index in [9.17, 15) is 13.2 Å². The number of anilines is 1. The fourth-order valence-electron chi connectivity index (χ4n) is 1.63. The Morgan fingerprint density at radius 1 is 1.33 bits per heavy atom. The third-order valence-electron chi connectivity index (χ3n) is 2.72. The highest BCUT2D eigenvalue weighted by Gasteiger charge is 2.21. The number of carboxylic acid groups (broad SMARTS) is 1. The zero-order valence-electron chi connectivity index (χ0n) is 11.0. The number of carbonyl (C=O) groups is 1. The van der Waals surface area contributed by atoms with Crippen molar-refractivity contribution in [3.63, 3.8) is 0 Å². The second-order valence-corrected chi connectivity index (χ2v) is 6.86. The van der Waals surface area contributed by atoms with E-state index in [1.807, 2.05) is 0 Å². The van der Waals surface area contributed by atoms with Crippen LogP contribution in [0.5, 0.6) is 0 Å². The Morgan fingerprint density at radius 2 is 2.00 bits per heavy atom. The Kier molecular flexibility index (Phi) is 4.06. The fourth-order valence-corrected chi connectivity index (χ4v) is 3.27. The molecule has 2 N–H and O–H groups in total. The summed E-state index contributed by atoms with van der Waals surface area (Å²) in [4.78, 5) is 11.0. The number of hydrogen-bond acceptors (Lipinski definition) is 5. The molecule has 2 rings (SSSR count). The molecule has 0 spiro atoms. The summed E-state index contributed by atoms with van der Waals surface area (Å²) in [7, 11) is -3.97. The van der Waals surface area contributed by atoms with Crippen LogP contribution in [0.4, 0.5) is 5.88 Å². The van der Waals surface area contributed by atoms with Gasteiger partial charge in [0.05, 0.1) is 16.2 Å². The Hall–Kier alpha value is -1.87. The van der Waals surface area contributed by atoms with E-state index in [0.717, 1.165) is 6.07 Å². The predicted molar refractivity (Wildman–Crippen MR) is 77.9 cm³/mol. The van der Waals surface area contributed by atoms with E-state index in [0.29, 0.717) is 15.7 Å². The summed E-state index contributed by atoms with van der Waals surface area (Å²) in [6.45, 7) is 3.23. The minimum Gasteiger partial charge on any atom is -0.478 e. The number of aromatic nitrogens is 1.